The first-order chi connectivity index (χ1) is 12.1. The van der Waals surface area contributed by atoms with Crippen molar-refractivity contribution in [2.45, 2.75) is 6.92 Å². The fourth-order valence-electron chi connectivity index (χ4n) is 2.40. The van der Waals surface area contributed by atoms with Crippen LogP contribution in [0.4, 0.5) is 10.8 Å². The zero-order valence-corrected chi connectivity index (χ0v) is 14.8. The van der Waals surface area contributed by atoms with E-state index in [2.05, 4.69) is 20.3 Å². The van der Waals surface area contributed by atoms with Gasteiger partial charge < -0.3 is 5.73 Å². The summed E-state index contributed by atoms with van der Waals surface area (Å²) in [7, 11) is 0. The summed E-state index contributed by atoms with van der Waals surface area (Å²) in [6.07, 6.45) is 3.42. The summed E-state index contributed by atoms with van der Waals surface area (Å²) < 4.78 is 0. The van der Waals surface area contributed by atoms with Crippen molar-refractivity contribution >= 4 is 49.6 Å². The molecule has 0 spiro atoms. The standard InChI is InChI=1S/C17H13N5OS2/c1-9-2-3-11-13(18)14(25-16(11)20-9)15(23)22-17-21-12(8-24-17)10-4-6-19-7-5-10/h2-8H,18H2,1H3,(H,21,22,23). The monoisotopic (exact) mass is 367 g/mol. The largest absolute Gasteiger partial charge is 0.397 e. The second-order valence-corrected chi connectivity index (χ2v) is 7.24. The number of rotatable bonds is 3. The van der Waals surface area contributed by atoms with Crippen LogP contribution in [-0.2, 0) is 0 Å². The summed E-state index contributed by atoms with van der Waals surface area (Å²) in [5.74, 6) is -0.270. The van der Waals surface area contributed by atoms with Gasteiger partial charge in [0.2, 0.25) is 0 Å². The quantitative estimate of drug-likeness (QED) is 0.572. The minimum atomic E-state index is -0.270. The van der Waals surface area contributed by atoms with Gasteiger partial charge in [0, 0.05) is 34.4 Å². The number of hydrogen-bond acceptors (Lipinski definition) is 7. The van der Waals surface area contributed by atoms with Gasteiger partial charge in [-0.05, 0) is 31.2 Å². The van der Waals surface area contributed by atoms with E-state index >= 15 is 0 Å². The number of aromatic nitrogens is 3. The molecule has 0 bridgehead atoms. The zero-order chi connectivity index (χ0) is 17.4. The van der Waals surface area contributed by atoms with Crippen molar-refractivity contribution in [1.29, 1.82) is 0 Å². The van der Waals surface area contributed by atoms with Crippen molar-refractivity contribution in [2.75, 3.05) is 11.1 Å². The summed E-state index contributed by atoms with van der Waals surface area (Å²) in [5.41, 5.74) is 9.22. The first-order valence-electron chi connectivity index (χ1n) is 7.45. The molecular weight excluding hydrogens is 354 g/mol. The number of carbonyl (C=O) groups is 1. The fraction of sp³-hybridized carbons (Fsp3) is 0.0588. The van der Waals surface area contributed by atoms with Crippen LogP contribution in [0.2, 0.25) is 0 Å². The first kappa shape index (κ1) is 15.7. The van der Waals surface area contributed by atoms with Crippen LogP contribution in [0.25, 0.3) is 21.5 Å². The van der Waals surface area contributed by atoms with Gasteiger partial charge in [0.05, 0.1) is 11.4 Å². The molecule has 0 saturated heterocycles. The molecule has 0 radical (unpaired) electrons. The Morgan fingerprint density at radius 3 is 2.76 bits per heavy atom. The normalized spacial score (nSPS) is 10.9. The Bertz CT molecular complexity index is 1070. The number of fused-ring (bicyclic) bond motifs is 1. The molecule has 3 N–H and O–H groups in total. The number of nitrogens with one attached hydrogen (secondary N) is 1. The maximum atomic E-state index is 12.6. The highest BCUT2D eigenvalue weighted by atomic mass is 32.1. The molecule has 1 amide bonds. The van der Waals surface area contributed by atoms with Crippen molar-refractivity contribution in [1.82, 2.24) is 15.0 Å². The number of amides is 1. The third-order valence-electron chi connectivity index (χ3n) is 3.64. The SMILES string of the molecule is Cc1ccc2c(N)c(C(=O)Nc3nc(-c4ccncc4)cs3)sc2n1. The van der Waals surface area contributed by atoms with Crippen LogP contribution in [0, 0.1) is 6.92 Å². The lowest BCUT2D eigenvalue weighted by Gasteiger charge is -2.00. The number of nitrogens with two attached hydrogens (primary N) is 1. The molecule has 0 fully saturated rings. The highest BCUT2D eigenvalue weighted by Crippen LogP contribution is 2.33. The van der Waals surface area contributed by atoms with Gasteiger partial charge in [-0.2, -0.15) is 0 Å². The predicted octanol–water partition coefficient (Wildman–Crippen LogP) is 3.96. The van der Waals surface area contributed by atoms with E-state index in [0.29, 0.717) is 15.7 Å². The number of nitrogens with zero attached hydrogens (tertiary/aromatic N) is 3. The van der Waals surface area contributed by atoms with Crippen LogP contribution in [0.3, 0.4) is 0 Å². The Hall–Kier alpha value is -2.84. The summed E-state index contributed by atoms with van der Waals surface area (Å²) in [4.78, 5) is 26.7. The minimum Gasteiger partial charge on any atom is -0.397 e. The average molecular weight is 367 g/mol. The van der Waals surface area contributed by atoms with Crippen molar-refractivity contribution in [3.8, 4) is 11.3 Å². The molecule has 0 aliphatic rings. The van der Waals surface area contributed by atoms with Gasteiger partial charge in [0.25, 0.3) is 5.91 Å². The first-order valence-corrected chi connectivity index (χ1v) is 9.14. The van der Waals surface area contributed by atoms with Crippen LogP contribution in [0.1, 0.15) is 15.4 Å². The molecule has 0 aliphatic heterocycles. The van der Waals surface area contributed by atoms with E-state index in [-0.39, 0.29) is 5.91 Å². The van der Waals surface area contributed by atoms with Gasteiger partial charge >= 0.3 is 0 Å². The molecule has 4 heterocycles. The molecule has 4 aromatic heterocycles. The van der Waals surface area contributed by atoms with E-state index in [1.54, 1.807) is 12.4 Å². The Morgan fingerprint density at radius 2 is 1.96 bits per heavy atom. The van der Waals surface area contributed by atoms with E-state index in [0.717, 1.165) is 27.2 Å². The fourth-order valence-corrected chi connectivity index (χ4v) is 4.15. The van der Waals surface area contributed by atoms with Gasteiger partial charge in [-0.25, -0.2) is 9.97 Å². The smallest absolute Gasteiger partial charge is 0.269 e. The molecule has 0 atom stereocenters. The van der Waals surface area contributed by atoms with Crippen molar-refractivity contribution in [3.05, 3.63) is 52.6 Å². The van der Waals surface area contributed by atoms with Crippen LogP contribution in [0.15, 0.2) is 42.0 Å². The summed E-state index contributed by atoms with van der Waals surface area (Å²) in [6.45, 7) is 1.91. The van der Waals surface area contributed by atoms with Crippen molar-refractivity contribution in [2.24, 2.45) is 0 Å². The van der Waals surface area contributed by atoms with E-state index in [4.69, 9.17) is 5.73 Å². The Morgan fingerprint density at radius 1 is 1.16 bits per heavy atom. The number of carbonyl (C=O) groups excluding carboxylic acids is 1. The van der Waals surface area contributed by atoms with Gasteiger partial charge in [-0.3, -0.25) is 15.1 Å². The maximum Gasteiger partial charge on any atom is 0.269 e. The summed E-state index contributed by atoms with van der Waals surface area (Å²) >= 11 is 2.66. The van der Waals surface area contributed by atoms with Crippen LogP contribution in [0.5, 0.6) is 0 Å². The summed E-state index contributed by atoms with van der Waals surface area (Å²) in [5, 5.41) is 6.04. The zero-order valence-electron chi connectivity index (χ0n) is 13.2. The number of thiazole rings is 1. The summed E-state index contributed by atoms with van der Waals surface area (Å²) in [6, 6.07) is 7.53. The third kappa shape index (κ3) is 2.97. The molecule has 0 saturated carbocycles. The number of pyridine rings is 2. The van der Waals surface area contributed by atoms with E-state index in [9.17, 15) is 4.79 Å². The maximum absolute atomic E-state index is 12.6. The lowest BCUT2D eigenvalue weighted by Crippen LogP contribution is -2.11. The second-order valence-electron chi connectivity index (χ2n) is 5.38. The van der Waals surface area contributed by atoms with Crippen molar-refractivity contribution < 1.29 is 4.79 Å². The molecule has 4 rings (SSSR count). The van der Waals surface area contributed by atoms with Gasteiger partial charge in [-0.1, -0.05) is 0 Å². The number of thiophene rings is 1. The van der Waals surface area contributed by atoms with E-state index < -0.39 is 0 Å². The molecule has 0 aliphatic carbocycles. The number of nitrogen functional groups attached to an aromatic ring is 1. The second kappa shape index (κ2) is 6.23. The predicted molar refractivity (Wildman–Crippen MR) is 102 cm³/mol. The molecule has 0 aromatic carbocycles. The van der Waals surface area contributed by atoms with Crippen LogP contribution < -0.4 is 11.1 Å². The lowest BCUT2D eigenvalue weighted by atomic mass is 10.2. The number of aryl methyl sites for hydroxylation is 1. The Balaban J connectivity index is 1.60. The molecule has 8 heteroatoms. The van der Waals surface area contributed by atoms with Gasteiger partial charge in [0.15, 0.2) is 5.13 Å². The van der Waals surface area contributed by atoms with Crippen LogP contribution in [-0.4, -0.2) is 20.9 Å². The van der Waals surface area contributed by atoms with E-state index in [1.165, 1.54) is 22.7 Å². The topological polar surface area (TPSA) is 93.8 Å². The highest BCUT2D eigenvalue weighted by molar-refractivity contribution is 7.21. The highest BCUT2D eigenvalue weighted by Gasteiger charge is 2.18. The number of anilines is 2. The molecule has 0 unspecified atom stereocenters. The van der Waals surface area contributed by atoms with Gasteiger partial charge in [0.1, 0.15) is 9.71 Å². The average Bonchev–Trinajstić information content (AvgIpc) is 3.20. The Kier molecular flexibility index (Phi) is 3.90. The molecule has 124 valence electrons. The molecular formula is C17H13N5OS2. The third-order valence-corrected chi connectivity index (χ3v) is 5.51. The van der Waals surface area contributed by atoms with Gasteiger partial charge in [-0.15, -0.1) is 22.7 Å². The Labute approximate surface area is 151 Å². The molecule has 4 aromatic rings. The molecule has 6 nitrogen and oxygen atoms in total. The number of hydrogen-bond donors (Lipinski definition) is 2. The van der Waals surface area contributed by atoms with Crippen LogP contribution >= 0.6 is 22.7 Å². The molecule has 25 heavy (non-hydrogen) atoms. The lowest BCUT2D eigenvalue weighted by molar-refractivity contribution is 0.103. The minimum absolute atomic E-state index is 0.270. The van der Waals surface area contributed by atoms with Crippen molar-refractivity contribution in [3.63, 3.8) is 0 Å². The van der Waals surface area contributed by atoms with E-state index in [1.807, 2.05) is 36.6 Å².